The second kappa shape index (κ2) is 8.10. The Kier molecular flexibility index (Phi) is 6.74. The Balaban J connectivity index is 2.44. The quantitative estimate of drug-likeness (QED) is 0.772. The molecule has 0 aliphatic rings. The van der Waals surface area contributed by atoms with Crippen LogP contribution < -0.4 is 0 Å². The molecule has 0 saturated carbocycles. The molecule has 0 fully saturated rings. The fraction of sp³-hybridized carbons (Fsp3) is 0.500. The van der Waals surface area contributed by atoms with Gasteiger partial charge in [0.15, 0.2) is 0 Å². The molecular formula is C14H19ClN2O. The lowest BCUT2D eigenvalue weighted by Gasteiger charge is -2.17. The molecule has 0 radical (unpaired) electrons. The van der Waals surface area contributed by atoms with Gasteiger partial charge in [-0.3, -0.25) is 0 Å². The minimum absolute atomic E-state index is 0.269. The number of halogens is 1. The Morgan fingerprint density at radius 1 is 1.33 bits per heavy atom. The number of rotatable bonds is 7. The molecule has 0 unspecified atom stereocenters. The van der Waals surface area contributed by atoms with Crippen molar-refractivity contribution < 1.29 is 5.11 Å². The van der Waals surface area contributed by atoms with E-state index in [2.05, 4.69) is 11.0 Å². The topological polar surface area (TPSA) is 47.3 Å². The molecule has 0 amide bonds. The van der Waals surface area contributed by atoms with Crippen molar-refractivity contribution in [2.75, 3.05) is 20.2 Å². The Morgan fingerprint density at radius 3 is 2.72 bits per heavy atom. The summed E-state index contributed by atoms with van der Waals surface area (Å²) in [4.78, 5) is 2.20. The van der Waals surface area contributed by atoms with Crippen LogP contribution in [-0.2, 0) is 6.54 Å². The summed E-state index contributed by atoms with van der Waals surface area (Å²) in [5, 5.41) is 18.1. The number of aliphatic hydroxyl groups excluding tert-OH is 1. The number of hydrogen-bond donors (Lipinski definition) is 1. The Bertz CT molecular complexity index is 415. The molecule has 0 aromatic heterocycles. The van der Waals surface area contributed by atoms with E-state index in [4.69, 9.17) is 22.0 Å². The van der Waals surface area contributed by atoms with Gasteiger partial charge in [-0.1, -0.05) is 17.7 Å². The molecule has 0 aliphatic carbocycles. The highest BCUT2D eigenvalue weighted by molar-refractivity contribution is 6.31. The Morgan fingerprint density at radius 2 is 2.11 bits per heavy atom. The van der Waals surface area contributed by atoms with Crippen LogP contribution in [0.1, 0.15) is 30.4 Å². The molecule has 0 bridgehead atoms. The van der Waals surface area contributed by atoms with Crippen molar-refractivity contribution >= 4 is 11.6 Å². The van der Waals surface area contributed by atoms with Crippen LogP contribution in [0.25, 0.3) is 0 Å². The van der Waals surface area contributed by atoms with Gasteiger partial charge in [0.05, 0.1) is 11.6 Å². The van der Waals surface area contributed by atoms with E-state index in [-0.39, 0.29) is 6.61 Å². The van der Waals surface area contributed by atoms with E-state index in [1.54, 1.807) is 12.1 Å². The third-order valence-electron chi connectivity index (χ3n) is 2.82. The van der Waals surface area contributed by atoms with Crippen LogP contribution in [0.2, 0.25) is 5.02 Å². The summed E-state index contributed by atoms with van der Waals surface area (Å²) in [6.07, 6.45) is 2.98. The monoisotopic (exact) mass is 266 g/mol. The van der Waals surface area contributed by atoms with Gasteiger partial charge in [-0.05, 0) is 50.6 Å². The highest BCUT2D eigenvalue weighted by Gasteiger charge is 2.05. The van der Waals surface area contributed by atoms with E-state index in [1.165, 1.54) is 0 Å². The lowest BCUT2D eigenvalue weighted by Crippen LogP contribution is -2.19. The molecule has 18 heavy (non-hydrogen) atoms. The van der Waals surface area contributed by atoms with Crippen molar-refractivity contribution in [3.05, 3.63) is 34.3 Å². The van der Waals surface area contributed by atoms with Crippen molar-refractivity contribution in [1.29, 1.82) is 5.26 Å². The van der Waals surface area contributed by atoms with E-state index in [9.17, 15) is 0 Å². The highest BCUT2D eigenvalue weighted by atomic mass is 35.5. The van der Waals surface area contributed by atoms with Crippen LogP contribution in [0.5, 0.6) is 0 Å². The van der Waals surface area contributed by atoms with Crippen molar-refractivity contribution in [2.24, 2.45) is 0 Å². The lowest BCUT2D eigenvalue weighted by atomic mass is 10.1. The van der Waals surface area contributed by atoms with Crippen molar-refractivity contribution in [1.82, 2.24) is 4.90 Å². The normalized spacial score (nSPS) is 10.6. The first-order valence-corrected chi connectivity index (χ1v) is 6.53. The first kappa shape index (κ1) is 15.0. The molecule has 1 N–H and O–H groups in total. The molecule has 0 atom stereocenters. The van der Waals surface area contributed by atoms with Gasteiger partial charge in [0.2, 0.25) is 0 Å². The summed E-state index contributed by atoms with van der Waals surface area (Å²) in [5.74, 6) is 0. The first-order chi connectivity index (χ1) is 8.67. The fourth-order valence-corrected chi connectivity index (χ4v) is 2.03. The second-order valence-electron chi connectivity index (χ2n) is 4.44. The Hall–Kier alpha value is -1.08. The van der Waals surface area contributed by atoms with Gasteiger partial charge >= 0.3 is 0 Å². The predicted octanol–water partition coefficient (Wildman–Crippen LogP) is 2.81. The number of nitriles is 1. The fourth-order valence-electron chi connectivity index (χ4n) is 1.79. The van der Waals surface area contributed by atoms with E-state index in [1.807, 2.05) is 13.1 Å². The number of hydrogen-bond acceptors (Lipinski definition) is 3. The highest BCUT2D eigenvalue weighted by Crippen LogP contribution is 2.19. The predicted molar refractivity (Wildman–Crippen MR) is 73.4 cm³/mol. The van der Waals surface area contributed by atoms with Gasteiger partial charge in [-0.2, -0.15) is 5.26 Å². The molecule has 0 spiro atoms. The first-order valence-electron chi connectivity index (χ1n) is 6.15. The molecule has 98 valence electrons. The Labute approximate surface area is 114 Å². The number of aliphatic hydroxyl groups is 1. The van der Waals surface area contributed by atoms with Gasteiger partial charge < -0.3 is 10.0 Å². The minimum atomic E-state index is 0.269. The molecule has 1 aromatic rings. The van der Waals surface area contributed by atoms with E-state index in [0.29, 0.717) is 10.6 Å². The standard InChI is InChI=1S/C14H19ClN2O/c1-17(7-3-2-4-8-18)11-13-6-5-12(10-16)9-14(13)15/h5-6,9,18H,2-4,7-8,11H2,1H3. The number of nitrogens with zero attached hydrogens (tertiary/aromatic N) is 2. The number of unbranched alkanes of at least 4 members (excludes halogenated alkanes) is 2. The number of benzene rings is 1. The smallest absolute Gasteiger partial charge is 0.0992 e. The summed E-state index contributed by atoms with van der Waals surface area (Å²) in [6, 6.07) is 7.48. The zero-order valence-corrected chi connectivity index (χ0v) is 11.5. The van der Waals surface area contributed by atoms with Crippen molar-refractivity contribution in [2.45, 2.75) is 25.8 Å². The third-order valence-corrected chi connectivity index (χ3v) is 3.17. The van der Waals surface area contributed by atoms with Crippen LogP contribution in [0.4, 0.5) is 0 Å². The average molecular weight is 267 g/mol. The largest absolute Gasteiger partial charge is 0.396 e. The molecule has 1 aromatic carbocycles. The van der Waals surface area contributed by atoms with Crippen LogP contribution in [0.15, 0.2) is 18.2 Å². The molecule has 0 aliphatic heterocycles. The SMILES string of the molecule is CN(CCCCCO)Cc1ccc(C#N)cc1Cl. The third kappa shape index (κ3) is 5.05. The van der Waals surface area contributed by atoms with Crippen molar-refractivity contribution in [3.63, 3.8) is 0 Å². The molecule has 1 rings (SSSR count). The van der Waals surface area contributed by atoms with Gasteiger partial charge in [0.25, 0.3) is 0 Å². The maximum Gasteiger partial charge on any atom is 0.0992 e. The molecule has 3 nitrogen and oxygen atoms in total. The average Bonchev–Trinajstić information content (AvgIpc) is 2.37. The van der Waals surface area contributed by atoms with Crippen LogP contribution in [0.3, 0.4) is 0 Å². The maximum atomic E-state index is 8.76. The van der Waals surface area contributed by atoms with Gasteiger partial charge in [-0.15, -0.1) is 0 Å². The van der Waals surface area contributed by atoms with Crippen LogP contribution in [-0.4, -0.2) is 30.2 Å². The molecule has 4 heteroatoms. The summed E-state index contributed by atoms with van der Waals surface area (Å²) < 4.78 is 0. The van der Waals surface area contributed by atoms with Gasteiger partial charge in [-0.25, -0.2) is 0 Å². The summed E-state index contributed by atoms with van der Waals surface area (Å²) >= 11 is 6.13. The summed E-state index contributed by atoms with van der Waals surface area (Å²) in [5.41, 5.74) is 1.63. The van der Waals surface area contributed by atoms with Crippen molar-refractivity contribution in [3.8, 4) is 6.07 Å². The zero-order valence-electron chi connectivity index (χ0n) is 10.7. The van der Waals surface area contributed by atoms with Gasteiger partial charge in [0, 0.05) is 18.2 Å². The lowest BCUT2D eigenvalue weighted by molar-refractivity contribution is 0.271. The van der Waals surface area contributed by atoms with E-state index >= 15 is 0 Å². The maximum absolute atomic E-state index is 8.76. The van der Waals surface area contributed by atoms with E-state index in [0.717, 1.165) is 37.9 Å². The van der Waals surface area contributed by atoms with Crippen LogP contribution >= 0.6 is 11.6 Å². The van der Waals surface area contributed by atoms with Gasteiger partial charge in [0.1, 0.15) is 0 Å². The van der Waals surface area contributed by atoms with Crippen LogP contribution in [0, 0.1) is 11.3 Å². The second-order valence-corrected chi connectivity index (χ2v) is 4.85. The summed E-state index contributed by atoms with van der Waals surface area (Å²) in [6.45, 7) is 2.03. The molecule has 0 heterocycles. The molecule has 0 saturated heterocycles. The molecular weight excluding hydrogens is 248 g/mol. The zero-order chi connectivity index (χ0) is 13.4. The summed E-state index contributed by atoms with van der Waals surface area (Å²) in [7, 11) is 2.05. The minimum Gasteiger partial charge on any atom is -0.396 e. The van der Waals surface area contributed by atoms with E-state index < -0.39 is 0 Å².